The van der Waals surface area contributed by atoms with Crippen LogP contribution < -0.4 is 9.80 Å². The van der Waals surface area contributed by atoms with E-state index in [2.05, 4.69) is 31.9 Å². The molecule has 1 fully saturated rings. The number of nitrogens with zero attached hydrogens (tertiary/aromatic N) is 6. The van der Waals surface area contributed by atoms with Crippen molar-refractivity contribution in [1.82, 2.24) is 15.0 Å². The summed E-state index contributed by atoms with van der Waals surface area (Å²) in [5, 5.41) is 9.54. The Hall–Kier alpha value is -2.68. The van der Waals surface area contributed by atoms with Crippen LogP contribution in [0.5, 0.6) is 0 Å². The van der Waals surface area contributed by atoms with Gasteiger partial charge in [0.1, 0.15) is 24.0 Å². The van der Waals surface area contributed by atoms with E-state index in [1.165, 1.54) is 24.1 Å². The topological polar surface area (TPSA) is 68.9 Å². The summed E-state index contributed by atoms with van der Waals surface area (Å²) >= 11 is 0. The molecular formula is C18H20N6. The summed E-state index contributed by atoms with van der Waals surface area (Å²) in [7, 11) is 0. The number of piperazine rings is 1. The highest BCUT2D eigenvalue weighted by Gasteiger charge is 2.23. The average Bonchev–Trinajstić information content (AvgIpc) is 2.68. The van der Waals surface area contributed by atoms with E-state index < -0.39 is 0 Å². The minimum atomic E-state index is 0.714. The largest absolute Gasteiger partial charge is 0.353 e. The molecule has 0 amide bonds. The van der Waals surface area contributed by atoms with Crippen LogP contribution in [0.25, 0.3) is 0 Å². The Kier molecular flexibility index (Phi) is 3.99. The van der Waals surface area contributed by atoms with Gasteiger partial charge in [0, 0.05) is 38.1 Å². The van der Waals surface area contributed by atoms with Gasteiger partial charge in [-0.1, -0.05) is 0 Å². The Labute approximate surface area is 141 Å². The van der Waals surface area contributed by atoms with E-state index in [1.54, 1.807) is 12.5 Å². The van der Waals surface area contributed by atoms with Gasteiger partial charge >= 0.3 is 0 Å². The van der Waals surface area contributed by atoms with E-state index in [0.29, 0.717) is 5.56 Å². The summed E-state index contributed by atoms with van der Waals surface area (Å²) < 4.78 is 0. The third kappa shape index (κ3) is 2.78. The summed E-state index contributed by atoms with van der Waals surface area (Å²) in [6, 6.07) is 6.35. The van der Waals surface area contributed by atoms with E-state index in [4.69, 9.17) is 4.98 Å². The lowest BCUT2D eigenvalue weighted by Gasteiger charge is -2.36. The zero-order chi connectivity index (χ0) is 16.4. The van der Waals surface area contributed by atoms with Gasteiger partial charge in [-0.15, -0.1) is 0 Å². The molecule has 0 saturated carbocycles. The molecule has 1 saturated heterocycles. The average molecular weight is 320 g/mol. The van der Waals surface area contributed by atoms with Crippen LogP contribution in [0.15, 0.2) is 24.7 Å². The Balaban J connectivity index is 1.54. The molecule has 2 aromatic rings. The Morgan fingerprint density at radius 3 is 2.58 bits per heavy atom. The molecule has 0 radical (unpaired) electrons. The summed E-state index contributed by atoms with van der Waals surface area (Å²) in [6.45, 7) is 3.45. The maximum absolute atomic E-state index is 9.54. The van der Waals surface area contributed by atoms with Crippen LogP contribution in [0.1, 0.15) is 29.7 Å². The van der Waals surface area contributed by atoms with Gasteiger partial charge in [-0.2, -0.15) is 5.26 Å². The van der Waals surface area contributed by atoms with Gasteiger partial charge < -0.3 is 9.80 Å². The molecule has 6 heteroatoms. The number of rotatable bonds is 2. The second-order valence-electron chi connectivity index (χ2n) is 6.33. The van der Waals surface area contributed by atoms with E-state index in [-0.39, 0.29) is 0 Å². The fourth-order valence-electron chi connectivity index (χ4n) is 3.56. The number of anilines is 2. The van der Waals surface area contributed by atoms with Crippen molar-refractivity contribution in [3.63, 3.8) is 0 Å². The summed E-state index contributed by atoms with van der Waals surface area (Å²) in [5.41, 5.74) is 3.17. The van der Waals surface area contributed by atoms with Crippen molar-refractivity contribution < 1.29 is 0 Å². The van der Waals surface area contributed by atoms with Gasteiger partial charge in [0.2, 0.25) is 0 Å². The van der Waals surface area contributed by atoms with Crippen molar-refractivity contribution in [3.8, 4) is 6.07 Å². The molecule has 0 aromatic carbocycles. The molecule has 0 atom stereocenters. The summed E-state index contributed by atoms with van der Waals surface area (Å²) in [5.74, 6) is 1.82. The Bertz CT molecular complexity index is 759. The van der Waals surface area contributed by atoms with Gasteiger partial charge in [-0.05, 0) is 43.4 Å². The van der Waals surface area contributed by atoms with Crippen LogP contribution in [0, 0.1) is 11.3 Å². The first-order valence-electron chi connectivity index (χ1n) is 8.54. The number of aryl methyl sites for hydroxylation is 2. The predicted molar refractivity (Wildman–Crippen MR) is 92.1 cm³/mol. The third-order valence-corrected chi connectivity index (χ3v) is 4.87. The second kappa shape index (κ2) is 6.44. The van der Waals surface area contributed by atoms with Crippen LogP contribution in [0.4, 0.5) is 11.6 Å². The van der Waals surface area contributed by atoms with Crippen LogP contribution >= 0.6 is 0 Å². The molecule has 122 valence electrons. The number of hydrogen-bond acceptors (Lipinski definition) is 6. The number of fused-ring (bicyclic) bond motifs is 1. The summed E-state index contributed by atoms with van der Waals surface area (Å²) in [6.07, 6.45) is 7.85. The highest BCUT2D eigenvalue weighted by molar-refractivity contribution is 5.57. The SMILES string of the molecule is N#Cc1cc2c(nc1N1CCN(c3ccncn3)CC1)CCCC2. The second-order valence-corrected chi connectivity index (χ2v) is 6.33. The van der Waals surface area contributed by atoms with Gasteiger partial charge in [-0.3, -0.25) is 0 Å². The Morgan fingerprint density at radius 1 is 1.04 bits per heavy atom. The van der Waals surface area contributed by atoms with Crippen LogP contribution in [-0.2, 0) is 12.8 Å². The van der Waals surface area contributed by atoms with Crippen LogP contribution in [0.3, 0.4) is 0 Å². The predicted octanol–water partition coefficient (Wildman–Crippen LogP) is 1.95. The lowest BCUT2D eigenvalue weighted by Crippen LogP contribution is -2.47. The first-order chi connectivity index (χ1) is 11.8. The summed E-state index contributed by atoms with van der Waals surface area (Å²) in [4.78, 5) is 17.7. The molecule has 2 aliphatic rings. The fraction of sp³-hybridized carbons (Fsp3) is 0.444. The first kappa shape index (κ1) is 14.9. The van der Waals surface area contributed by atoms with Crippen molar-refractivity contribution in [3.05, 3.63) is 41.5 Å². The normalized spacial score (nSPS) is 17.3. The number of nitriles is 1. The Morgan fingerprint density at radius 2 is 1.83 bits per heavy atom. The molecular weight excluding hydrogens is 300 g/mol. The molecule has 0 unspecified atom stereocenters. The minimum Gasteiger partial charge on any atom is -0.353 e. The van der Waals surface area contributed by atoms with Gasteiger partial charge in [-0.25, -0.2) is 15.0 Å². The molecule has 0 N–H and O–H groups in total. The van der Waals surface area contributed by atoms with Crippen LogP contribution in [-0.4, -0.2) is 41.1 Å². The van der Waals surface area contributed by atoms with Gasteiger partial charge in [0.05, 0.1) is 5.56 Å². The fourth-order valence-corrected chi connectivity index (χ4v) is 3.56. The smallest absolute Gasteiger partial charge is 0.146 e. The van der Waals surface area contributed by atoms with Crippen molar-refractivity contribution in [1.29, 1.82) is 5.26 Å². The van der Waals surface area contributed by atoms with Crippen molar-refractivity contribution in [2.75, 3.05) is 36.0 Å². The minimum absolute atomic E-state index is 0.714. The number of pyridine rings is 1. The molecule has 6 nitrogen and oxygen atoms in total. The van der Waals surface area contributed by atoms with Crippen LogP contribution in [0.2, 0.25) is 0 Å². The molecule has 0 spiro atoms. The monoisotopic (exact) mass is 320 g/mol. The molecule has 1 aliphatic heterocycles. The zero-order valence-electron chi connectivity index (χ0n) is 13.6. The van der Waals surface area contributed by atoms with E-state index in [9.17, 15) is 5.26 Å². The number of aromatic nitrogens is 3. The van der Waals surface area contributed by atoms with Crippen molar-refractivity contribution in [2.45, 2.75) is 25.7 Å². The molecule has 3 heterocycles. The maximum Gasteiger partial charge on any atom is 0.146 e. The number of hydrogen-bond donors (Lipinski definition) is 0. The maximum atomic E-state index is 9.54. The first-order valence-corrected chi connectivity index (χ1v) is 8.54. The van der Waals surface area contributed by atoms with E-state index in [0.717, 1.165) is 50.7 Å². The highest BCUT2D eigenvalue weighted by atomic mass is 15.3. The molecule has 2 aromatic heterocycles. The molecule has 4 rings (SSSR count). The van der Waals surface area contributed by atoms with Crippen molar-refractivity contribution >= 4 is 11.6 Å². The zero-order valence-corrected chi connectivity index (χ0v) is 13.6. The quantitative estimate of drug-likeness (QED) is 0.842. The van der Waals surface area contributed by atoms with Gasteiger partial charge in [0.25, 0.3) is 0 Å². The van der Waals surface area contributed by atoms with E-state index in [1.807, 2.05) is 6.07 Å². The lowest BCUT2D eigenvalue weighted by molar-refractivity contribution is 0.630. The standard InChI is InChI=1S/C18H20N6/c19-12-15-11-14-3-1-2-4-16(14)22-18(15)24-9-7-23(8-10-24)17-5-6-20-13-21-17/h5-6,11,13H,1-4,7-10H2. The molecule has 24 heavy (non-hydrogen) atoms. The van der Waals surface area contributed by atoms with Crippen molar-refractivity contribution in [2.24, 2.45) is 0 Å². The highest BCUT2D eigenvalue weighted by Crippen LogP contribution is 2.27. The molecule has 0 bridgehead atoms. The van der Waals surface area contributed by atoms with E-state index >= 15 is 0 Å². The third-order valence-electron chi connectivity index (χ3n) is 4.87. The van der Waals surface area contributed by atoms with Gasteiger partial charge in [0.15, 0.2) is 0 Å². The lowest BCUT2D eigenvalue weighted by atomic mass is 9.95. The molecule has 1 aliphatic carbocycles.